The Kier molecular flexibility index (Phi) is 5.55. The molecule has 0 N–H and O–H groups in total. The van der Waals surface area contributed by atoms with Gasteiger partial charge in [0, 0.05) is 13.2 Å². The highest BCUT2D eigenvalue weighted by Crippen LogP contribution is 2.18. The van der Waals surface area contributed by atoms with Gasteiger partial charge in [0.1, 0.15) is 11.6 Å². The monoisotopic (exact) mass is 450 g/mol. The average Bonchev–Trinajstić information content (AvgIpc) is 3.49. The van der Waals surface area contributed by atoms with Crippen molar-refractivity contribution in [3.63, 3.8) is 0 Å². The van der Waals surface area contributed by atoms with E-state index in [0.717, 1.165) is 24.2 Å². The zero-order valence-electron chi connectivity index (χ0n) is 18.1. The normalized spacial score (nSPS) is 15.9. The molecule has 1 saturated heterocycles. The molecule has 2 aromatic heterocycles. The predicted molar refractivity (Wildman–Crippen MR) is 121 cm³/mol. The Morgan fingerprint density at radius 1 is 1.12 bits per heavy atom. The van der Waals surface area contributed by atoms with Crippen LogP contribution in [0.1, 0.15) is 18.4 Å². The molecule has 0 amide bonds. The number of rotatable bonds is 6. The molecular formula is C24H23FN4O4. The topological polar surface area (TPSA) is 80.3 Å². The zero-order chi connectivity index (χ0) is 22.9. The lowest BCUT2D eigenvalue weighted by Crippen LogP contribution is -2.42. The van der Waals surface area contributed by atoms with Crippen molar-refractivity contribution in [3.8, 4) is 11.4 Å². The molecule has 9 heteroatoms. The van der Waals surface area contributed by atoms with E-state index in [-0.39, 0.29) is 18.3 Å². The SMILES string of the molecule is COc1ccc(Cn2cnc3c2c(=O)n(C[C@H]2CCCO2)c(=O)n3-c2ccc(F)cc2)cc1. The minimum absolute atomic E-state index is 0.155. The van der Waals surface area contributed by atoms with E-state index >= 15 is 0 Å². The molecule has 1 fully saturated rings. The Balaban J connectivity index is 1.68. The summed E-state index contributed by atoms with van der Waals surface area (Å²) in [5.74, 6) is 0.319. The first kappa shape index (κ1) is 21.1. The fourth-order valence-electron chi connectivity index (χ4n) is 4.20. The van der Waals surface area contributed by atoms with Crippen LogP contribution in [0.25, 0.3) is 16.9 Å². The number of imidazole rings is 1. The second-order valence-electron chi connectivity index (χ2n) is 8.04. The summed E-state index contributed by atoms with van der Waals surface area (Å²) in [7, 11) is 1.60. The maximum Gasteiger partial charge on any atom is 0.337 e. The van der Waals surface area contributed by atoms with Crippen molar-refractivity contribution in [2.45, 2.75) is 32.0 Å². The summed E-state index contributed by atoms with van der Waals surface area (Å²) in [6.45, 7) is 1.16. The van der Waals surface area contributed by atoms with Gasteiger partial charge in [0.05, 0.1) is 31.8 Å². The van der Waals surface area contributed by atoms with Crippen LogP contribution in [-0.2, 0) is 17.8 Å². The molecule has 4 aromatic rings. The summed E-state index contributed by atoms with van der Waals surface area (Å²) in [6, 6.07) is 13.1. The van der Waals surface area contributed by atoms with Gasteiger partial charge in [-0.3, -0.25) is 9.36 Å². The van der Waals surface area contributed by atoms with Crippen LogP contribution in [0.5, 0.6) is 5.75 Å². The smallest absolute Gasteiger partial charge is 0.337 e. The molecule has 0 saturated carbocycles. The van der Waals surface area contributed by atoms with Gasteiger partial charge in [0.2, 0.25) is 0 Å². The maximum atomic E-state index is 13.5. The number of hydrogen-bond donors (Lipinski definition) is 0. The number of aromatic nitrogens is 4. The molecule has 1 aliphatic heterocycles. The largest absolute Gasteiger partial charge is 0.497 e. The molecule has 1 atom stereocenters. The molecule has 0 bridgehead atoms. The third-order valence-corrected chi connectivity index (χ3v) is 5.91. The van der Waals surface area contributed by atoms with Crippen LogP contribution in [0.2, 0.25) is 0 Å². The van der Waals surface area contributed by atoms with Gasteiger partial charge in [0.25, 0.3) is 5.56 Å². The number of hydrogen-bond acceptors (Lipinski definition) is 5. The average molecular weight is 450 g/mol. The maximum absolute atomic E-state index is 13.5. The van der Waals surface area contributed by atoms with E-state index < -0.39 is 17.1 Å². The lowest BCUT2D eigenvalue weighted by atomic mass is 10.2. The summed E-state index contributed by atoms with van der Waals surface area (Å²) >= 11 is 0. The van der Waals surface area contributed by atoms with E-state index in [1.54, 1.807) is 18.0 Å². The number of benzene rings is 2. The van der Waals surface area contributed by atoms with Crippen LogP contribution in [0.15, 0.2) is 64.4 Å². The molecule has 0 spiro atoms. The van der Waals surface area contributed by atoms with Crippen molar-refractivity contribution in [3.05, 3.63) is 87.1 Å². The molecule has 0 aliphatic carbocycles. The Labute approximate surface area is 188 Å². The lowest BCUT2D eigenvalue weighted by Gasteiger charge is -2.15. The van der Waals surface area contributed by atoms with Crippen LogP contribution in [0.4, 0.5) is 4.39 Å². The summed E-state index contributed by atoms with van der Waals surface area (Å²) < 4.78 is 28.7. The number of halogens is 1. The summed E-state index contributed by atoms with van der Waals surface area (Å²) in [5, 5.41) is 0. The van der Waals surface area contributed by atoms with Crippen molar-refractivity contribution in [2.75, 3.05) is 13.7 Å². The van der Waals surface area contributed by atoms with Crippen molar-refractivity contribution >= 4 is 11.2 Å². The van der Waals surface area contributed by atoms with Gasteiger partial charge in [0.15, 0.2) is 11.2 Å². The first-order valence-electron chi connectivity index (χ1n) is 10.8. The molecule has 8 nitrogen and oxygen atoms in total. The third kappa shape index (κ3) is 3.95. The van der Waals surface area contributed by atoms with E-state index in [4.69, 9.17) is 9.47 Å². The molecule has 0 radical (unpaired) electrons. The standard InChI is InChI=1S/C24H23FN4O4/c1-32-19-10-4-16(5-11-19)13-27-15-26-22-21(27)23(30)28(14-20-3-2-12-33-20)24(31)29(22)18-8-6-17(25)7-9-18/h4-11,15,20H,2-3,12-14H2,1H3/t20-/m1/s1. The highest BCUT2D eigenvalue weighted by molar-refractivity contribution is 5.72. The van der Waals surface area contributed by atoms with Gasteiger partial charge >= 0.3 is 5.69 Å². The van der Waals surface area contributed by atoms with Gasteiger partial charge in [-0.05, 0) is 54.8 Å². The Morgan fingerprint density at radius 3 is 2.55 bits per heavy atom. The van der Waals surface area contributed by atoms with Crippen LogP contribution in [0, 0.1) is 5.82 Å². The van der Waals surface area contributed by atoms with E-state index in [9.17, 15) is 14.0 Å². The first-order chi connectivity index (χ1) is 16.0. The van der Waals surface area contributed by atoms with Crippen LogP contribution < -0.4 is 16.0 Å². The highest BCUT2D eigenvalue weighted by Gasteiger charge is 2.23. The second-order valence-corrected chi connectivity index (χ2v) is 8.04. The number of nitrogens with zero attached hydrogens (tertiary/aromatic N) is 4. The Morgan fingerprint density at radius 2 is 1.88 bits per heavy atom. The molecule has 2 aromatic carbocycles. The van der Waals surface area contributed by atoms with Crippen molar-refractivity contribution < 1.29 is 13.9 Å². The van der Waals surface area contributed by atoms with Gasteiger partial charge < -0.3 is 14.0 Å². The zero-order valence-corrected chi connectivity index (χ0v) is 18.1. The van der Waals surface area contributed by atoms with Gasteiger partial charge in [-0.1, -0.05) is 12.1 Å². The van der Waals surface area contributed by atoms with Crippen LogP contribution >= 0.6 is 0 Å². The molecule has 170 valence electrons. The quantitative estimate of drug-likeness (QED) is 0.451. The van der Waals surface area contributed by atoms with Gasteiger partial charge in [-0.2, -0.15) is 0 Å². The summed E-state index contributed by atoms with van der Waals surface area (Å²) in [4.78, 5) is 31.3. The highest BCUT2D eigenvalue weighted by atomic mass is 19.1. The molecular weight excluding hydrogens is 427 g/mol. The van der Waals surface area contributed by atoms with Crippen LogP contribution in [0.3, 0.4) is 0 Å². The molecule has 3 heterocycles. The Bertz CT molecular complexity index is 1400. The molecule has 1 aliphatic rings. The molecule has 0 unspecified atom stereocenters. The summed E-state index contributed by atoms with van der Waals surface area (Å²) in [5.41, 5.74) is 0.961. The van der Waals surface area contributed by atoms with Crippen molar-refractivity contribution in [2.24, 2.45) is 0 Å². The molecule has 33 heavy (non-hydrogen) atoms. The minimum atomic E-state index is -0.524. The van der Waals surface area contributed by atoms with Gasteiger partial charge in [-0.25, -0.2) is 18.7 Å². The van der Waals surface area contributed by atoms with Crippen molar-refractivity contribution in [1.82, 2.24) is 18.7 Å². The first-order valence-corrected chi connectivity index (χ1v) is 10.8. The van der Waals surface area contributed by atoms with E-state index in [1.165, 1.54) is 33.4 Å². The molecule has 5 rings (SSSR count). The predicted octanol–water partition coefficient (Wildman–Crippen LogP) is 2.72. The number of ether oxygens (including phenoxy) is 2. The van der Waals surface area contributed by atoms with Crippen LogP contribution in [-0.4, -0.2) is 38.5 Å². The van der Waals surface area contributed by atoms with E-state index in [2.05, 4.69) is 4.98 Å². The fraction of sp³-hybridized carbons (Fsp3) is 0.292. The second kappa shape index (κ2) is 8.67. The fourth-order valence-corrected chi connectivity index (χ4v) is 4.20. The lowest BCUT2D eigenvalue weighted by molar-refractivity contribution is 0.0950. The van der Waals surface area contributed by atoms with Crippen molar-refractivity contribution in [1.29, 1.82) is 0 Å². The number of methoxy groups -OCH3 is 1. The minimum Gasteiger partial charge on any atom is -0.497 e. The number of fused-ring (bicyclic) bond motifs is 1. The van der Waals surface area contributed by atoms with E-state index in [0.29, 0.717) is 24.4 Å². The van der Waals surface area contributed by atoms with E-state index in [1.807, 2.05) is 24.3 Å². The Hall–Kier alpha value is -3.72. The summed E-state index contributed by atoms with van der Waals surface area (Å²) in [6.07, 6.45) is 3.02. The third-order valence-electron chi connectivity index (χ3n) is 5.91. The van der Waals surface area contributed by atoms with Gasteiger partial charge in [-0.15, -0.1) is 0 Å².